The van der Waals surface area contributed by atoms with Crippen molar-refractivity contribution in [1.29, 1.82) is 0 Å². The van der Waals surface area contributed by atoms with Gasteiger partial charge in [0.1, 0.15) is 18.0 Å². The minimum atomic E-state index is -1.32. The zero-order chi connectivity index (χ0) is 27.6. The number of benzene rings is 1. The van der Waals surface area contributed by atoms with E-state index in [9.17, 15) is 14.7 Å². The molecule has 4 heterocycles. The summed E-state index contributed by atoms with van der Waals surface area (Å²) in [6.45, 7) is 8.62. The predicted molar refractivity (Wildman–Crippen MR) is 146 cm³/mol. The molecular formula is C29H38N4O6. The zero-order valence-corrected chi connectivity index (χ0v) is 22.9. The number of aromatic nitrogens is 3. The van der Waals surface area contributed by atoms with Crippen LogP contribution in [-0.2, 0) is 32.1 Å². The number of aromatic amines is 1. The summed E-state index contributed by atoms with van der Waals surface area (Å²) in [6.07, 6.45) is 4.08. The van der Waals surface area contributed by atoms with E-state index >= 15 is 0 Å². The monoisotopic (exact) mass is 538 g/mol. The van der Waals surface area contributed by atoms with Crippen LogP contribution in [0.15, 0.2) is 35.3 Å². The predicted octanol–water partition coefficient (Wildman–Crippen LogP) is 2.69. The second-order valence-electron chi connectivity index (χ2n) is 11.2. The molecule has 0 spiro atoms. The summed E-state index contributed by atoms with van der Waals surface area (Å²) in [4.78, 5) is 32.7. The Bertz CT molecular complexity index is 1360. The number of fused-ring (bicyclic) bond motifs is 1. The Morgan fingerprint density at radius 2 is 2.00 bits per heavy atom. The minimum Gasteiger partial charge on any atom is -0.459 e. The number of aliphatic hydroxyl groups is 1. The van der Waals surface area contributed by atoms with E-state index in [0.717, 1.165) is 60.6 Å². The molecule has 2 fully saturated rings. The maximum Gasteiger partial charge on any atom is 0.326 e. The van der Waals surface area contributed by atoms with E-state index in [-0.39, 0.29) is 11.7 Å². The molecule has 2 aliphatic heterocycles. The molecule has 2 saturated heterocycles. The van der Waals surface area contributed by atoms with Crippen LogP contribution in [0.3, 0.4) is 0 Å². The van der Waals surface area contributed by atoms with Crippen LogP contribution in [0.4, 0.5) is 0 Å². The number of nitrogens with one attached hydrogen (secondary N) is 2. The molecule has 39 heavy (non-hydrogen) atoms. The summed E-state index contributed by atoms with van der Waals surface area (Å²) < 4.78 is 18.7. The smallest absolute Gasteiger partial charge is 0.326 e. The van der Waals surface area contributed by atoms with E-state index < -0.39 is 17.6 Å². The van der Waals surface area contributed by atoms with Crippen molar-refractivity contribution in [2.75, 3.05) is 26.4 Å². The van der Waals surface area contributed by atoms with E-state index in [1.807, 2.05) is 24.3 Å². The molecule has 0 amide bonds. The normalized spacial score (nSPS) is 19.4. The van der Waals surface area contributed by atoms with Crippen LogP contribution in [0, 0.1) is 12.8 Å². The van der Waals surface area contributed by atoms with Crippen LogP contribution in [0.25, 0.3) is 22.4 Å². The third kappa shape index (κ3) is 6.41. The lowest BCUT2D eigenvalue weighted by molar-refractivity contribution is -0.157. The molecule has 0 bridgehead atoms. The Morgan fingerprint density at radius 3 is 2.69 bits per heavy atom. The van der Waals surface area contributed by atoms with Gasteiger partial charge < -0.3 is 28.9 Å². The summed E-state index contributed by atoms with van der Waals surface area (Å²) in [5, 5.41) is 13.9. The largest absolute Gasteiger partial charge is 0.459 e. The summed E-state index contributed by atoms with van der Waals surface area (Å²) in [5.74, 6) is 0.789. The molecule has 0 radical (unpaired) electrons. The number of esters is 1. The van der Waals surface area contributed by atoms with E-state index in [0.29, 0.717) is 37.7 Å². The second kappa shape index (κ2) is 11.6. The molecule has 2 atom stereocenters. The van der Waals surface area contributed by atoms with Gasteiger partial charge in [0, 0.05) is 50.0 Å². The van der Waals surface area contributed by atoms with Crippen LogP contribution in [0.2, 0.25) is 0 Å². The van der Waals surface area contributed by atoms with Gasteiger partial charge in [-0.25, -0.2) is 4.98 Å². The highest BCUT2D eigenvalue weighted by atomic mass is 16.6. The van der Waals surface area contributed by atoms with Crippen molar-refractivity contribution < 1.29 is 24.1 Å². The number of aryl methyl sites for hydroxylation is 1. The summed E-state index contributed by atoms with van der Waals surface area (Å²) in [5.41, 5.74) is 2.82. The van der Waals surface area contributed by atoms with Crippen molar-refractivity contribution in [3.8, 4) is 11.4 Å². The van der Waals surface area contributed by atoms with Crippen molar-refractivity contribution in [3.05, 3.63) is 51.9 Å². The minimum absolute atomic E-state index is 0.112. The Morgan fingerprint density at radius 1 is 1.23 bits per heavy atom. The highest BCUT2D eigenvalue weighted by Crippen LogP contribution is 2.29. The average Bonchev–Trinajstić information content (AvgIpc) is 3.53. The number of carbonyl (C=O) groups is 1. The lowest BCUT2D eigenvalue weighted by Crippen LogP contribution is -2.53. The maximum absolute atomic E-state index is 12.9. The third-order valence-corrected chi connectivity index (χ3v) is 7.56. The number of pyridine rings is 1. The number of hydrogen-bond donors (Lipinski definition) is 3. The number of imidazole rings is 1. The summed E-state index contributed by atoms with van der Waals surface area (Å²) in [6, 6.07) is 7.03. The van der Waals surface area contributed by atoms with E-state index in [2.05, 4.69) is 14.9 Å². The maximum atomic E-state index is 12.9. The number of nitrogens with zero attached hydrogens (tertiary/aromatic N) is 2. The topological polar surface area (TPSA) is 128 Å². The SMILES string of the molecule is Cc1cc(-c2nc3cc(CN[C@H](C(=O)OC4CCOC4)C(C)(C)O)ccc3n2CC2CCOCC2)c[nH]c1=O. The van der Waals surface area contributed by atoms with Gasteiger partial charge in [0.2, 0.25) is 0 Å². The molecule has 0 saturated carbocycles. The average molecular weight is 539 g/mol. The van der Waals surface area contributed by atoms with Crippen molar-refractivity contribution in [2.24, 2.45) is 5.92 Å². The quantitative estimate of drug-likeness (QED) is 0.355. The lowest BCUT2D eigenvalue weighted by atomic mass is 9.98. The second-order valence-corrected chi connectivity index (χ2v) is 11.2. The van der Waals surface area contributed by atoms with E-state index in [1.165, 1.54) is 0 Å². The number of ether oxygens (including phenoxy) is 3. The van der Waals surface area contributed by atoms with Gasteiger partial charge in [-0.15, -0.1) is 0 Å². The number of hydrogen-bond acceptors (Lipinski definition) is 8. The Hall–Kier alpha value is -3.05. The van der Waals surface area contributed by atoms with Gasteiger partial charge in [0.15, 0.2) is 0 Å². The molecule has 2 aromatic heterocycles. The first-order chi connectivity index (χ1) is 18.7. The van der Waals surface area contributed by atoms with Gasteiger partial charge in [-0.2, -0.15) is 0 Å². The number of carbonyl (C=O) groups excluding carboxylic acids is 1. The van der Waals surface area contributed by atoms with Gasteiger partial charge in [-0.3, -0.25) is 14.9 Å². The lowest BCUT2D eigenvalue weighted by Gasteiger charge is -2.29. The molecule has 3 aromatic rings. The van der Waals surface area contributed by atoms with Gasteiger partial charge in [-0.05, 0) is 63.3 Å². The molecule has 1 aromatic carbocycles. The van der Waals surface area contributed by atoms with E-state index in [1.54, 1.807) is 27.0 Å². The highest BCUT2D eigenvalue weighted by molar-refractivity contribution is 5.81. The molecule has 10 heteroatoms. The van der Waals surface area contributed by atoms with Crippen molar-refractivity contribution in [3.63, 3.8) is 0 Å². The van der Waals surface area contributed by atoms with Crippen molar-refractivity contribution >= 4 is 17.0 Å². The van der Waals surface area contributed by atoms with Crippen LogP contribution < -0.4 is 10.9 Å². The Labute approximate surface area is 227 Å². The summed E-state index contributed by atoms with van der Waals surface area (Å²) >= 11 is 0. The first-order valence-electron chi connectivity index (χ1n) is 13.7. The highest BCUT2D eigenvalue weighted by Gasteiger charge is 2.36. The molecule has 2 aliphatic rings. The van der Waals surface area contributed by atoms with Crippen LogP contribution in [0.5, 0.6) is 0 Å². The van der Waals surface area contributed by atoms with Crippen LogP contribution >= 0.6 is 0 Å². The third-order valence-electron chi connectivity index (χ3n) is 7.56. The fraction of sp³-hybridized carbons (Fsp3) is 0.552. The number of H-pyrrole nitrogens is 1. The fourth-order valence-corrected chi connectivity index (χ4v) is 5.28. The molecule has 5 rings (SSSR count). The van der Waals surface area contributed by atoms with Crippen LogP contribution in [0.1, 0.15) is 44.2 Å². The first-order valence-corrected chi connectivity index (χ1v) is 13.7. The zero-order valence-electron chi connectivity index (χ0n) is 22.9. The Balaban J connectivity index is 1.41. The van der Waals surface area contributed by atoms with Gasteiger partial charge in [-0.1, -0.05) is 6.07 Å². The first kappa shape index (κ1) is 27.5. The fourth-order valence-electron chi connectivity index (χ4n) is 5.28. The molecule has 0 aliphatic carbocycles. The standard InChI is InChI=1S/C29H38N4O6/c1-18-12-21(15-31-27(18)34)26-32-23-13-20(4-5-24(23)33(26)16-19-6-9-37-10-7-19)14-30-25(29(2,3)36)28(35)39-22-8-11-38-17-22/h4-5,12-13,15,19,22,25,30,36H,6-11,14,16-17H2,1-3H3,(H,31,34)/t22?,25-/m1/s1. The van der Waals surface area contributed by atoms with Crippen LogP contribution in [-0.4, -0.2) is 69.8 Å². The molecule has 210 valence electrons. The van der Waals surface area contributed by atoms with Gasteiger partial charge in [0.05, 0.1) is 29.8 Å². The molecule has 3 N–H and O–H groups in total. The summed E-state index contributed by atoms with van der Waals surface area (Å²) in [7, 11) is 0. The van der Waals surface area contributed by atoms with Crippen molar-refractivity contribution in [1.82, 2.24) is 19.9 Å². The Kier molecular flexibility index (Phi) is 8.18. The molecular weight excluding hydrogens is 500 g/mol. The van der Waals surface area contributed by atoms with Gasteiger partial charge in [0.25, 0.3) is 5.56 Å². The molecule has 1 unspecified atom stereocenters. The van der Waals surface area contributed by atoms with Gasteiger partial charge >= 0.3 is 5.97 Å². The molecule has 10 nitrogen and oxygen atoms in total. The number of rotatable bonds is 9. The van der Waals surface area contributed by atoms with Crippen molar-refractivity contribution in [2.45, 2.75) is 70.9 Å². The van der Waals surface area contributed by atoms with E-state index in [4.69, 9.17) is 19.2 Å².